The molecule has 1 aromatic rings. The zero-order chi connectivity index (χ0) is 18.1. The summed E-state index contributed by atoms with van der Waals surface area (Å²) in [5, 5.41) is 0.223. The Kier molecular flexibility index (Phi) is 4.49. The summed E-state index contributed by atoms with van der Waals surface area (Å²) >= 11 is 5.25. The first-order valence-electron chi connectivity index (χ1n) is 7.32. The fraction of sp³-hybridized carbons (Fsp3) is 0.312. The van der Waals surface area contributed by atoms with Crippen LogP contribution >= 0.6 is 12.2 Å². The highest BCUT2D eigenvalue weighted by atomic mass is 32.1. The Balaban J connectivity index is 2.04. The molecule has 1 saturated heterocycles. The highest BCUT2D eigenvalue weighted by molar-refractivity contribution is 7.80. The van der Waals surface area contributed by atoms with Crippen molar-refractivity contribution in [2.75, 3.05) is 34.6 Å². The van der Waals surface area contributed by atoms with Gasteiger partial charge in [-0.3, -0.25) is 14.5 Å². The van der Waals surface area contributed by atoms with Gasteiger partial charge in [0.05, 0.1) is 14.2 Å². The molecule has 0 spiro atoms. The zero-order valence-electron chi connectivity index (χ0n) is 13.9. The molecule has 2 heterocycles. The molecule has 25 heavy (non-hydrogen) atoms. The summed E-state index contributed by atoms with van der Waals surface area (Å²) in [5.41, 5.74) is 0.845. The van der Waals surface area contributed by atoms with E-state index in [1.54, 1.807) is 25.3 Å². The van der Waals surface area contributed by atoms with E-state index in [2.05, 4.69) is 4.74 Å². The second kappa shape index (κ2) is 6.60. The van der Waals surface area contributed by atoms with Gasteiger partial charge in [-0.15, -0.1) is 0 Å². The Morgan fingerprint density at radius 3 is 2.64 bits per heavy atom. The van der Waals surface area contributed by atoms with E-state index >= 15 is 0 Å². The number of benzene rings is 1. The number of methoxy groups -OCH3 is 2. The highest BCUT2D eigenvalue weighted by Gasteiger charge is 2.37. The Bertz CT molecular complexity index is 791. The summed E-state index contributed by atoms with van der Waals surface area (Å²) in [7, 11) is 4.34. The molecule has 0 unspecified atom stereocenters. The number of amides is 1. The largest absolute Gasteiger partial charge is 0.496 e. The van der Waals surface area contributed by atoms with E-state index in [1.165, 1.54) is 24.0 Å². The van der Waals surface area contributed by atoms with Crippen molar-refractivity contribution in [1.82, 2.24) is 9.80 Å². The molecule has 1 fully saturated rings. The summed E-state index contributed by atoms with van der Waals surface area (Å²) in [6, 6.07) is 3.39. The number of likely N-dealkylation sites (N-methyl/N-ethyl adjacent to an activating group) is 1. The third kappa shape index (κ3) is 2.98. The van der Waals surface area contributed by atoms with Gasteiger partial charge in [0.25, 0.3) is 5.91 Å². The Morgan fingerprint density at radius 1 is 1.32 bits per heavy atom. The van der Waals surface area contributed by atoms with E-state index in [0.29, 0.717) is 22.8 Å². The second-order valence-corrected chi connectivity index (χ2v) is 5.65. The third-order valence-electron chi connectivity index (χ3n) is 3.86. The molecule has 1 aromatic carbocycles. The maximum absolute atomic E-state index is 12.5. The van der Waals surface area contributed by atoms with Gasteiger partial charge in [-0.05, 0) is 24.4 Å². The van der Waals surface area contributed by atoms with Crippen LogP contribution in [0.3, 0.4) is 0 Å². The molecule has 2 aliphatic heterocycles. The Labute approximate surface area is 149 Å². The predicted molar refractivity (Wildman–Crippen MR) is 91.2 cm³/mol. The highest BCUT2D eigenvalue weighted by Crippen LogP contribution is 2.39. The van der Waals surface area contributed by atoms with Crippen molar-refractivity contribution in [2.45, 2.75) is 0 Å². The van der Waals surface area contributed by atoms with Gasteiger partial charge in [0.2, 0.25) is 6.79 Å². The van der Waals surface area contributed by atoms with Gasteiger partial charge in [-0.1, -0.05) is 0 Å². The molecule has 0 radical (unpaired) electrons. The lowest BCUT2D eigenvalue weighted by molar-refractivity contribution is -0.140. The van der Waals surface area contributed by atoms with Crippen LogP contribution in [0.15, 0.2) is 17.8 Å². The van der Waals surface area contributed by atoms with Crippen molar-refractivity contribution >= 4 is 35.3 Å². The standard InChI is InChI=1S/C16H16N2O6S/c1-17-15(20)10(18(16(17)25)7-14(19)22-3)4-9-5-12-13(24-8-23-12)6-11(9)21-2/h4-6H,7-8H2,1-3H3/b10-4-. The SMILES string of the molecule is COC(=O)CN1C(=S)N(C)C(=O)/C1=C/c1cc2c(cc1OC)OCO2. The quantitative estimate of drug-likeness (QED) is 0.445. The number of hydrogen-bond acceptors (Lipinski definition) is 7. The van der Waals surface area contributed by atoms with Crippen molar-refractivity contribution in [2.24, 2.45) is 0 Å². The van der Waals surface area contributed by atoms with Crippen LogP contribution in [0.25, 0.3) is 6.08 Å². The fourth-order valence-electron chi connectivity index (χ4n) is 2.52. The lowest BCUT2D eigenvalue weighted by atomic mass is 10.1. The molecule has 0 N–H and O–H groups in total. The molecule has 8 nitrogen and oxygen atoms in total. The topological polar surface area (TPSA) is 77.5 Å². The molecule has 9 heteroatoms. The van der Waals surface area contributed by atoms with Crippen LogP contribution in [0.4, 0.5) is 0 Å². The first-order valence-corrected chi connectivity index (χ1v) is 7.72. The number of thiocarbonyl (C=S) groups is 1. The molecule has 0 bridgehead atoms. The summed E-state index contributed by atoms with van der Waals surface area (Å²) in [4.78, 5) is 26.9. The van der Waals surface area contributed by atoms with Gasteiger partial charge in [-0.2, -0.15) is 0 Å². The number of rotatable bonds is 4. The molecule has 3 rings (SSSR count). The lowest BCUT2D eigenvalue weighted by Crippen LogP contribution is -2.33. The van der Waals surface area contributed by atoms with Crippen LogP contribution < -0.4 is 14.2 Å². The summed E-state index contributed by atoms with van der Waals surface area (Å²) in [6.45, 7) is -0.0388. The van der Waals surface area contributed by atoms with Gasteiger partial charge < -0.3 is 23.8 Å². The molecule has 1 amide bonds. The molecule has 2 aliphatic rings. The van der Waals surface area contributed by atoms with Crippen LogP contribution in [-0.2, 0) is 14.3 Å². The first kappa shape index (κ1) is 17.0. The number of hydrogen-bond donors (Lipinski definition) is 0. The maximum Gasteiger partial charge on any atom is 0.325 e. The van der Waals surface area contributed by atoms with Crippen LogP contribution in [0.1, 0.15) is 5.56 Å². The zero-order valence-corrected chi connectivity index (χ0v) is 14.7. The minimum absolute atomic E-state index is 0.124. The number of carbonyl (C=O) groups excluding carboxylic acids is 2. The van der Waals surface area contributed by atoms with E-state index in [4.69, 9.17) is 26.4 Å². The lowest BCUT2D eigenvalue weighted by Gasteiger charge is -2.17. The minimum Gasteiger partial charge on any atom is -0.496 e. The predicted octanol–water partition coefficient (Wildman–Crippen LogP) is 0.997. The van der Waals surface area contributed by atoms with Crippen molar-refractivity contribution < 1.29 is 28.5 Å². The Hall–Kier alpha value is -2.81. The van der Waals surface area contributed by atoms with Crippen LogP contribution in [0.2, 0.25) is 0 Å². The fourth-order valence-corrected chi connectivity index (χ4v) is 2.77. The van der Waals surface area contributed by atoms with Crippen LogP contribution in [-0.4, -0.2) is 61.4 Å². The van der Waals surface area contributed by atoms with Crippen LogP contribution in [0, 0.1) is 0 Å². The molecular formula is C16H16N2O6S. The van der Waals surface area contributed by atoms with Gasteiger partial charge in [0, 0.05) is 18.7 Å². The summed E-state index contributed by atoms with van der Waals surface area (Å²) < 4.78 is 20.7. The maximum atomic E-state index is 12.5. The number of esters is 1. The molecule has 0 aliphatic carbocycles. The van der Waals surface area contributed by atoms with E-state index in [0.717, 1.165) is 0 Å². The van der Waals surface area contributed by atoms with Gasteiger partial charge >= 0.3 is 5.97 Å². The number of fused-ring (bicyclic) bond motifs is 1. The molecule has 0 aromatic heterocycles. The number of carbonyl (C=O) groups is 2. The molecular weight excluding hydrogens is 348 g/mol. The first-order chi connectivity index (χ1) is 12.0. The smallest absolute Gasteiger partial charge is 0.325 e. The van der Waals surface area contributed by atoms with Crippen molar-refractivity contribution in [3.05, 3.63) is 23.4 Å². The van der Waals surface area contributed by atoms with Crippen LogP contribution in [0.5, 0.6) is 17.2 Å². The van der Waals surface area contributed by atoms with E-state index in [9.17, 15) is 9.59 Å². The molecule has 0 atom stereocenters. The van der Waals surface area contributed by atoms with Gasteiger partial charge in [0.15, 0.2) is 16.6 Å². The Morgan fingerprint density at radius 2 is 2.00 bits per heavy atom. The number of ether oxygens (including phenoxy) is 4. The van der Waals surface area contributed by atoms with Crippen molar-refractivity contribution in [3.63, 3.8) is 0 Å². The average molecular weight is 364 g/mol. The summed E-state index contributed by atoms with van der Waals surface area (Å²) in [5.74, 6) is 0.787. The third-order valence-corrected chi connectivity index (χ3v) is 4.36. The van der Waals surface area contributed by atoms with Crippen molar-refractivity contribution in [3.8, 4) is 17.2 Å². The van der Waals surface area contributed by atoms with E-state index in [-0.39, 0.29) is 30.1 Å². The molecule has 132 valence electrons. The average Bonchev–Trinajstić information content (AvgIpc) is 3.15. The normalized spacial score (nSPS) is 17.5. The minimum atomic E-state index is -0.506. The molecule has 0 saturated carbocycles. The van der Waals surface area contributed by atoms with Crippen molar-refractivity contribution in [1.29, 1.82) is 0 Å². The van der Waals surface area contributed by atoms with Gasteiger partial charge in [0.1, 0.15) is 18.0 Å². The summed E-state index contributed by atoms with van der Waals surface area (Å²) in [6.07, 6.45) is 1.60. The second-order valence-electron chi connectivity index (χ2n) is 5.29. The monoisotopic (exact) mass is 364 g/mol. The van der Waals surface area contributed by atoms with E-state index < -0.39 is 5.97 Å². The van der Waals surface area contributed by atoms with Gasteiger partial charge in [-0.25, -0.2) is 0 Å². The number of nitrogens with zero attached hydrogens (tertiary/aromatic N) is 2. The van der Waals surface area contributed by atoms with E-state index in [1.807, 2.05) is 0 Å².